The molecule has 0 bridgehead atoms. The smallest absolute Gasteiger partial charge is 0.234 e. The van der Waals surface area contributed by atoms with Crippen molar-refractivity contribution in [3.8, 4) is 5.75 Å². The first-order chi connectivity index (χ1) is 10.5. The maximum absolute atomic E-state index is 11.7. The summed E-state index contributed by atoms with van der Waals surface area (Å²) in [5, 5.41) is 6.06. The Kier molecular flexibility index (Phi) is 5.83. The molecule has 1 aromatic carbocycles. The van der Waals surface area contributed by atoms with Crippen LogP contribution in [0.5, 0.6) is 5.75 Å². The summed E-state index contributed by atoms with van der Waals surface area (Å²) in [5.74, 6) is 1.73. The second-order valence-electron chi connectivity index (χ2n) is 7.02. The Morgan fingerprint density at radius 1 is 1.27 bits per heavy atom. The van der Waals surface area contributed by atoms with E-state index in [1.165, 1.54) is 18.4 Å². The summed E-state index contributed by atoms with van der Waals surface area (Å²) in [7, 11) is 0. The van der Waals surface area contributed by atoms with E-state index in [2.05, 4.69) is 37.5 Å². The van der Waals surface area contributed by atoms with Gasteiger partial charge in [-0.05, 0) is 42.3 Å². The molecule has 2 N–H and O–H groups in total. The van der Waals surface area contributed by atoms with Crippen molar-refractivity contribution in [1.82, 2.24) is 10.6 Å². The van der Waals surface area contributed by atoms with Gasteiger partial charge in [0.2, 0.25) is 5.91 Å². The van der Waals surface area contributed by atoms with Crippen LogP contribution in [-0.2, 0) is 10.2 Å². The molecule has 0 saturated heterocycles. The Morgan fingerprint density at radius 2 is 2.00 bits per heavy atom. The normalized spacial score (nSPS) is 14.7. The SMILES string of the molecule is CC(C)(C)c1ccccc1OCCNC(=O)CNCC1CC1. The van der Waals surface area contributed by atoms with Crippen molar-refractivity contribution < 1.29 is 9.53 Å². The monoisotopic (exact) mass is 304 g/mol. The zero-order valence-corrected chi connectivity index (χ0v) is 13.9. The lowest BCUT2D eigenvalue weighted by molar-refractivity contribution is -0.120. The number of nitrogens with one attached hydrogen (secondary N) is 2. The highest BCUT2D eigenvalue weighted by molar-refractivity contribution is 5.77. The van der Waals surface area contributed by atoms with Crippen LogP contribution < -0.4 is 15.4 Å². The maximum atomic E-state index is 11.7. The summed E-state index contributed by atoms with van der Waals surface area (Å²) in [6.07, 6.45) is 2.60. The molecule has 1 amide bonds. The van der Waals surface area contributed by atoms with Crippen molar-refractivity contribution in [1.29, 1.82) is 0 Å². The fourth-order valence-corrected chi connectivity index (χ4v) is 2.34. The maximum Gasteiger partial charge on any atom is 0.234 e. The molecular weight excluding hydrogens is 276 g/mol. The van der Waals surface area contributed by atoms with Gasteiger partial charge in [-0.3, -0.25) is 4.79 Å². The molecule has 0 atom stereocenters. The Hall–Kier alpha value is -1.55. The summed E-state index contributed by atoms with van der Waals surface area (Å²) >= 11 is 0. The summed E-state index contributed by atoms with van der Waals surface area (Å²) < 4.78 is 5.83. The fourth-order valence-electron chi connectivity index (χ4n) is 2.34. The average molecular weight is 304 g/mol. The average Bonchev–Trinajstić information content (AvgIpc) is 3.27. The second-order valence-corrected chi connectivity index (χ2v) is 7.02. The number of benzene rings is 1. The topological polar surface area (TPSA) is 50.4 Å². The van der Waals surface area contributed by atoms with Gasteiger partial charge in [-0.2, -0.15) is 0 Å². The molecule has 1 aromatic rings. The molecule has 1 fully saturated rings. The van der Waals surface area contributed by atoms with Crippen LogP contribution in [-0.4, -0.2) is 32.1 Å². The third-order valence-corrected chi connectivity index (χ3v) is 3.79. The lowest BCUT2D eigenvalue weighted by Crippen LogP contribution is -2.36. The number of hydrogen-bond acceptors (Lipinski definition) is 3. The van der Waals surface area contributed by atoms with E-state index in [0.717, 1.165) is 18.2 Å². The van der Waals surface area contributed by atoms with Gasteiger partial charge in [-0.25, -0.2) is 0 Å². The molecule has 0 unspecified atom stereocenters. The Bertz CT molecular complexity index is 490. The minimum absolute atomic E-state index is 0.0355. The number of para-hydroxylation sites is 1. The summed E-state index contributed by atoms with van der Waals surface area (Å²) in [6, 6.07) is 8.08. The molecule has 0 heterocycles. The van der Waals surface area contributed by atoms with Crippen molar-refractivity contribution in [3.63, 3.8) is 0 Å². The molecule has 122 valence electrons. The van der Waals surface area contributed by atoms with Crippen LogP contribution in [0.2, 0.25) is 0 Å². The van der Waals surface area contributed by atoms with Crippen molar-refractivity contribution in [2.24, 2.45) is 5.92 Å². The molecule has 1 aliphatic rings. The third kappa shape index (κ3) is 5.68. The predicted molar refractivity (Wildman–Crippen MR) is 89.2 cm³/mol. The summed E-state index contributed by atoms with van der Waals surface area (Å²) in [5.41, 5.74) is 1.24. The lowest BCUT2D eigenvalue weighted by atomic mass is 9.86. The minimum Gasteiger partial charge on any atom is -0.491 e. The molecule has 2 rings (SSSR count). The molecule has 4 nitrogen and oxygen atoms in total. The van der Waals surface area contributed by atoms with Crippen LogP contribution in [0.3, 0.4) is 0 Å². The zero-order chi connectivity index (χ0) is 16.0. The van der Waals surface area contributed by atoms with Crippen LogP contribution in [0.25, 0.3) is 0 Å². The summed E-state index contributed by atoms with van der Waals surface area (Å²) in [6.45, 7) is 8.88. The highest BCUT2D eigenvalue weighted by Gasteiger charge is 2.20. The third-order valence-electron chi connectivity index (χ3n) is 3.79. The van der Waals surface area contributed by atoms with Crippen molar-refractivity contribution >= 4 is 5.91 Å². The number of hydrogen-bond donors (Lipinski definition) is 2. The molecular formula is C18H28N2O2. The van der Waals surface area contributed by atoms with Crippen LogP contribution >= 0.6 is 0 Å². The first kappa shape index (κ1) is 16.8. The van der Waals surface area contributed by atoms with E-state index < -0.39 is 0 Å². The van der Waals surface area contributed by atoms with Crippen molar-refractivity contribution in [2.75, 3.05) is 26.2 Å². The second kappa shape index (κ2) is 7.63. The van der Waals surface area contributed by atoms with Gasteiger partial charge in [-0.15, -0.1) is 0 Å². The van der Waals surface area contributed by atoms with E-state index in [1.807, 2.05) is 18.2 Å². The number of ether oxygens (including phenoxy) is 1. The quantitative estimate of drug-likeness (QED) is 0.726. The van der Waals surface area contributed by atoms with Gasteiger partial charge in [0.1, 0.15) is 12.4 Å². The van der Waals surface area contributed by atoms with Gasteiger partial charge in [0.05, 0.1) is 13.1 Å². The van der Waals surface area contributed by atoms with Crippen LogP contribution in [0, 0.1) is 5.92 Å². The van der Waals surface area contributed by atoms with E-state index in [9.17, 15) is 4.79 Å². The summed E-state index contributed by atoms with van der Waals surface area (Å²) in [4.78, 5) is 11.7. The Labute approximate surface area is 133 Å². The van der Waals surface area contributed by atoms with Crippen LogP contribution in [0.1, 0.15) is 39.2 Å². The minimum atomic E-state index is 0.0355. The van der Waals surface area contributed by atoms with Gasteiger partial charge in [0, 0.05) is 0 Å². The Balaban J connectivity index is 1.66. The zero-order valence-electron chi connectivity index (χ0n) is 13.9. The van der Waals surface area contributed by atoms with Crippen LogP contribution in [0.4, 0.5) is 0 Å². The molecule has 0 aromatic heterocycles. The predicted octanol–water partition coefficient (Wildman–Crippen LogP) is 2.48. The molecule has 0 aliphatic heterocycles. The van der Waals surface area contributed by atoms with E-state index in [4.69, 9.17) is 4.74 Å². The molecule has 22 heavy (non-hydrogen) atoms. The molecule has 1 aliphatic carbocycles. The number of amides is 1. The fraction of sp³-hybridized carbons (Fsp3) is 0.611. The highest BCUT2D eigenvalue weighted by atomic mass is 16.5. The largest absolute Gasteiger partial charge is 0.491 e. The van der Waals surface area contributed by atoms with E-state index >= 15 is 0 Å². The first-order valence-electron chi connectivity index (χ1n) is 8.16. The lowest BCUT2D eigenvalue weighted by Gasteiger charge is -2.22. The van der Waals surface area contributed by atoms with Crippen molar-refractivity contribution in [3.05, 3.63) is 29.8 Å². The van der Waals surface area contributed by atoms with Gasteiger partial charge >= 0.3 is 0 Å². The van der Waals surface area contributed by atoms with Gasteiger partial charge < -0.3 is 15.4 Å². The Morgan fingerprint density at radius 3 is 2.68 bits per heavy atom. The van der Waals surface area contributed by atoms with E-state index in [0.29, 0.717) is 19.7 Å². The van der Waals surface area contributed by atoms with Crippen molar-refractivity contribution in [2.45, 2.75) is 39.0 Å². The molecule has 1 saturated carbocycles. The van der Waals surface area contributed by atoms with Gasteiger partial charge in [-0.1, -0.05) is 39.0 Å². The van der Waals surface area contributed by atoms with Gasteiger partial charge in [0.15, 0.2) is 0 Å². The molecule has 0 spiro atoms. The number of carbonyl (C=O) groups excluding carboxylic acids is 1. The van der Waals surface area contributed by atoms with E-state index in [1.54, 1.807) is 0 Å². The van der Waals surface area contributed by atoms with Gasteiger partial charge in [0.25, 0.3) is 0 Å². The molecule has 4 heteroatoms. The van der Waals surface area contributed by atoms with Crippen LogP contribution in [0.15, 0.2) is 24.3 Å². The highest BCUT2D eigenvalue weighted by Crippen LogP contribution is 2.30. The van der Waals surface area contributed by atoms with E-state index in [-0.39, 0.29) is 11.3 Å². The standard InChI is InChI=1S/C18H28N2O2/c1-18(2,3)15-6-4-5-7-16(15)22-11-10-20-17(21)13-19-12-14-8-9-14/h4-7,14,19H,8-13H2,1-3H3,(H,20,21). The number of carbonyl (C=O) groups is 1. The number of rotatable bonds is 8. The molecule has 0 radical (unpaired) electrons. The first-order valence-corrected chi connectivity index (χ1v) is 8.16.